The van der Waals surface area contributed by atoms with Gasteiger partial charge in [0.2, 0.25) is 0 Å². The van der Waals surface area contributed by atoms with Gasteiger partial charge >= 0.3 is 0 Å². The summed E-state index contributed by atoms with van der Waals surface area (Å²) < 4.78 is 16.1. The molecule has 0 saturated heterocycles. The molecule has 0 fully saturated rings. The largest absolute Gasteiger partial charge is 0.493 e. The molecule has 0 aliphatic heterocycles. The first-order chi connectivity index (χ1) is 12.2. The number of methoxy groups -OCH3 is 1. The first-order valence-electron chi connectivity index (χ1n) is 7.64. The average Bonchev–Trinajstić information content (AvgIpc) is 2.66. The van der Waals surface area contributed by atoms with E-state index in [0.29, 0.717) is 23.9 Å². The van der Waals surface area contributed by atoms with E-state index in [-0.39, 0.29) is 12.5 Å². The van der Waals surface area contributed by atoms with Crippen molar-refractivity contribution in [2.75, 3.05) is 20.3 Å². The van der Waals surface area contributed by atoms with Gasteiger partial charge in [-0.1, -0.05) is 30.9 Å². The van der Waals surface area contributed by atoms with Crippen molar-refractivity contribution in [3.8, 4) is 17.2 Å². The van der Waals surface area contributed by atoms with Gasteiger partial charge in [0.1, 0.15) is 12.4 Å². The molecule has 0 spiro atoms. The number of hydrogen-bond donors (Lipinski definition) is 1. The summed E-state index contributed by atoms with van der Waals surface area (Å²) in [5.74, 6) is 1.46. The number of nitrogens with zero attached hydrogens (tertiary/aromatic N) is 1. The van der Waals surface area contributed by atoms with Crippen LogP contribution in [-0.2, 0) is 4.79 Å². The molecule has 0 unspecified atom stereocenters. The van der Waals surface area contributed by atoms with E-state index in [9.17, 15) is 4.79 Å². The molecular formula is C19H20N2O4. The molecule has 0 heterocycles. The van der Waals surface area contributed by atoms with Gasteiger partial charge in [-0.2, -0.15) is 5.10 Å². The summed E-state index contributed by atoms with van der Waals surface area (Å²) in [6.07, 6.45) is 3.17. The Morgan fingerprint density at radius 1 is 1.16 bits per heavy atom. The topological polar surface area (TPSA) is 69.2 Å². The maximum absolute atomic E-state index is 11.7. The predicted molar refractivity (Wildman–Crippen MR) is 96.4 cm³/mol. The van der Waals surface area contributed by atoms with Crippen molar-refractivity contribution in [1.82, 2.24) is 5.43 Å². The van der Waals surface area contributed by atoms with Crippen LogP contribution in [0.5, 0.6) is 17.2 Å². The fourth-order valence-corrected chi connectivity index (χ4v) is 1.91. The van der Waals surface area contributed by atoms with Crippen molar-refractivity contribution >= 4 is 12.1 Å². The van der Waals surface area contributed by atoms with Crippen LogP contribution in [0.4, 0.5) is 0 Å². The third-order valence-electron chi connectivity index (χ3n) is 3.06. The third kappa shape index (κ3) is 6.02. The summed E-state index contributed by atoms with van der Waals surface area (Å²) in [5.41, 5.74) is 3.16. The molecule has 2 aromatic carbocycles. The van der Waals surface area contributed by atoms with Crippen LogP contribution in [0, 0.1) is 0 Å². The van der Waals surface area contributed by atoms with Crippen LogP contribution in [0.25, 0.3) is 0 Å². The summed E-state index contributed by atoms with van der Waals surface area (Å²) in [6.45, 7) is 3.88. The van der Waals surface area contributed by atoms with E-state index in [2.05, 4.69) is 17.1 Å². The Labute approximate surface area is 146 Å². The summed E-state index contributed by atoms with van der Waals surface area (Å²) >= 11 is 0. The highest BCUT2D eigenvalue weighted by atomic mass is 16.5. The zero-order chi connectivity index (χ0) is 17.9. The Morgan fingerprint density at radius 3 is 2.68 bits per heavy atom. The van der Waals surface area contributed by atoms with Crippen molar-refractivity contribution in [2.24, 2.45) is 5.10 Å². The number of benzene rings is 2. The van der Waals surface area contributed by atoms with Crippen molar-refractivity contribution < 1.29 is 19.0 Å². The second-order valence-corrected chi connectivity index (χ2v) is 4.90. The average molecular weight is 340 g/mol. The lowest BCUT2D eigenvalue weighted by Crippen LogP contribution is -2.24. The van der Waals surface area contributed by atoms with E-state index in [1.54, 1.807) is 43.5 Å². The molecule has 1 N–H and O–H groups in total. The maximum Gasteiger partial charge on any atom is 0.277 e. The molecule has 2 aromatic rings. The summed E-state index contributed by atoms with van der Waals surface area (Å²) in [7, 11) is 1.56. The molecule has 0 atom stereocenters. The van der Waals surface area contributed by atoms with Gasteiger partial charge < -0.3 is 14.2 Å². The number of amides is 1. The minimum atomic E-state index is -0.349. The first kappa shape index (κ1) is 18.1. The van der Waals surface area contributed by atoms with E-state index in [1.165, 1.54) is 6.21 Å². The molecule has 0 aromatic heterocycles. The van der Waals surface area contributed by atoms with E-state index < -0.39 is 0 Å². The van der Waals surface area contributed by atoms with Gasteiger partial charge in [-0.05, 0) is 35.9 Å². The first-order valence-corrected chi connectivity index (χ1v) is 7.64. The van der Waals surface area contributed by atoms with Crippen molar-refractivity contribution in [3.63, 3.8) is 0 Å². The van der Waals surface area contributed by atoms with Gasteiger partial charge in [-0.25, -0.2) is 5.43 Å². The lowest BCUT2D eigenvalue weighted by atomic mass is 10.2. The zero-order valence-electron chi connectivity index (χ0n) is 14.0. The number of hydrazone groups is 1. The Kier molecular flexibility index (Phi) is 7.06. The molecule has 2 rings (SSSR count). The number of ether oxygens (including phenoxy) is 3. The molecule has 0 aliphatic carbocycles. The molecule has 25 heavy (non-hydrogen) atoms. The Bertz CT molecular complexity index is 729. The van der Waals surface area contributed by atoms with Crippen LogP contribution in [-0.4, -0.2) is 32.4 Å². The molecule has 6 nitrogen and oxygen atoms in total. The number of rotatable bonds is 9. The van der Waals surface area contributed by atoms with Crippen LogP contribution in [0.3, 0.4) is 0 Å². The van der Waals surface area contributed by atoms with Crippen LogP contribution in [0.15, 0.2) is 66.3 Å². The van der Waals surface area contributed by atoms with Crippen LogP contribution >= 0.6 is 0 Å². The van der Waals surface area contributed by atoms with Crippen LogP contribution < -0.4 is 19.6 Å². The van der Waals surface area contributed by atoms with Gasteiger partial charge in [0.25, 0.3) is 5.91 Å². The standard InChI is InChI=1S/C19H20N2O4/c1-3-11-24-17-10-9-15(12-18(17)23-2)13-20-21-19(22)14-25-16-7-5-4-6-8-16/h3-10,12-13H,1,11,14H2,2H3,(H,21,22)/b20-13+. The van der Waals surface area contributed by atoms with E-state index in [1.807, 2.05) is 18.2 Å². The van der Waals surface area contributed by atoms with Gasteiger partial charge in [0.05, 0.1) is 13.3 Å². The van der Waals surface area contributed by atoms with E-state index in [0.717, 1.165) is 5.56 Å². The number of nitrogens with one attached hydrogen (secondary N) is 1. The monoisotopic (exact) mass is 340 g/mol. The molecule has 0 saturated carbocycles. The third-order valence-corrected chi connectivity index (χ3v) is 3.06. The number of para-hydroxylation sites is 1. The SMILES string of the molecule is C=CCOc1ccc(/C=N/NC(=O)COc2ccccc2)cc1OC. The Balaban J connectivity index is 1.86. The maximum atomic E-state index is 11.7. The second kappa shape index (κ2) is 9.77. The lowest BCUT2D eigenvalue weighted by Gasteiger charge is -2.09. The van der Waals surface area contributed by atoms with Gasteiger partial charge in [-0.3, -0.25) is 4.79 Å². The normalized spacial score (nSPS) is 10.3. The van der Waals surface area contributed by atoms with Crippen molar-refractivity contribution in [3.05, 3.63) is 66.7 Å². The van der Waals surface area contributed by atoms with Crippen molar-refractivity contribution in [2.45, 2.75) is 0 Å². The van der Waals surface area contributed by atoms with Crippen molar-refractivity contribution in [1.29, 1.82) is 0 Å². The fourth-order valence-electron chi connectivity index (χ4n) is 1.91. The minimum absolute atomic E-state index is 0.112. The minimum Gasteiger partial charge on any atom is -0.493 e. The second-order valence-electron chi connectivity index (χ2n) is 4.90. The summed E-state index contributed by atoms with van der Waals surface area (Å²) in [6, 6.07) is 14.4. The smallest absolute Gasteiger partial charge is 0.277 e. The molecule has 0 aliphatic rings. The summed E-state index contributed by atoms with van der Waals surface area (Å²) in [5, 5.41) is 3.90. The highest BCUT2D eigenvalue weighted by molar-refractivity contribution is 5.83. The Hall–Kier alpha value is -3.28. The van der Waals surface area contributed by atoms with Gasteiger partial charge in [0, 0.05) is 0 Å². The van der Waals surface area contributed by atoms with Gasteiger partial charge in [0.15, 0.2) is 18.1 Å². The van der Waals surface area contributed by atoms with Crippen LogP contribution in [0.1, 0.15) is 5.56 Å². The molecule has 0 radical (unpaired) electrons. The number of carbonyl (C=O) groups excluding carboxylic acids is 1. The number of hydrogen-bond acceptors (Lipinski definition) is 5. The van der Waals surface area contributed by atoms with Gasteiger partial charge in [-0.15, -0.1) is 0 Å². The van der Waals surface area contributed by atoms with E-state index >= 15 is 0 Å². The van der Waals surface area contributed by atoms with E-state index in [4.69, 9.17) is 14.2 Å². The van der Waals surface area contributed by atoms with Crippen LogP contribution in [0.2, 0.25) is 0 Å². The number of carbonyl (C=O) groups is 1. The quantitative estimate of drug-likeness (QED) is 0.433. The molecule has 0 bridgehead atoms. The highest BCUT2D eigenvalue weighted by Crippen LogP contribution is 2.27. The molecule has 1 amide bonds. The fraction of sp³-hybridized carbons (Fsp3) is 0.158. The molecule has 6 heteroatoms. The highest BCUT2D eigenvalue weighted by Gasteiger charge is 2.05. The summed E-state index contributed by atoms with van der Waals surface area (Å²) in [4.78, 5) is 11.7. The Morgan fingerprint density at radius 2 is 1.96 bits per heavy atom. The zero-order valence-corrected chi connectivity index (χ0v) is 14.0. The molecular weight excluding hydrogens is 320 g/mol. The predicted octanol–water partition coefficient (Wildman–Crippen LogP) is 2.79. The molecule has 130 valence electrons. The lowest BCUT2D eigenvalue weighted by molar-refractivity contribution is -0.123.